The van der Waals surface area contributed by atoms with Gasteiger partial charge in [-0.25, -0.2) is 0 Å². The van der Waals surface area contributed by atoms with Gasteiger partial charge in [0.15, 0.2) is 5.96 Å². The first-order chi connectivity index (χ1) is 13.3. The van der Waals surface area contributed by atoms with Crippen LogP contribution in [0.25, 0.3) is 10.8 Å². The maximum Gasteiger partial charge on any atom is 0.191 e. The van der Waals surface area contributed by atoms with E-state index in [4.69, 9.17) is 9.47 Å². The molecule has 6 heteroatoms. The smallest absolute Gasteiger partial charge is 0.191 e. The van der Waals surface area contributed by atoms with Crippen LogP contribution in [0.4, 0.5) is 0 Å². The van der Waals surface area contributed by atoms with Crippen LogP contribution in [0, 0.1) is 0 Å². The second kappa shape index (κ2) is 13.4. The normalized spacial score (nSPS) is 11.7. The first-order valence-corrected chi connectivity index (χ1v) is 10.6. The number of guanidine groups is 1. The Kier molecular flexibility index (Phi) is 10.7. The molecule has 5 nitrogen and oxygen atoms in total. The number of aliphatic imine (C=N–C) groups is 1. The summed E-state index contributed by atoms with van der Waals surface area (Å²) in [4.78, 5) is 4.26. The fourth-order valence-corrected chi connectivity index (χ4v) is 3.55. The molecular weight excluding hydrogens is 358 g/mol. The van der Waals surface area contributed by atoms with Crippen molar-refractivity contribution in [3.05, 3.63) is 48.0 Å². The van der Waals surface area contributed by atoms with Gasteiger partial charge in [0.2, 0.25) is 0 Å². The third-order valence-electron chi connectivity index (χ3n) is 4.09. The summed E-state index contributed by atoms with van der Waals surface area (Å²) in [5.41, 5.74) is 1.40. The van der Waals surface area contributed by atoms with Gasteiger partial charge in [-0.3, -0.25) is 4.99 Å². The lowest BCUT2D eigenvalue weighted by Crippen LogP contribution is -2.39. The van der Waals surface area contributed by atoms with Gasteiger partial charge in [-0.15, -0.1) is 0 Å². The van der Waals surface area contributed by atoms with Gasteiger partial charge in [0.1, 0.15) is 0 Å². The largest absolute Gasteiger partial charge is 0.382 e. The highest BCUT2D eigenvalue weighted by molar-refractivity contribution is 7.98. The molecule has 0 amide bonds. The lowest BCUT2D eigenvalue weighted by atomic mass is 10.1. The number of nitrogens with one attached hydrogen (secondary N) is 2. The molecule has 2 aromatic rings. The Bertz CT molecular complexity index is 689. The minimum Gasteiger partial charge on any atom is -0.382 e. The Morgan fingerprint density at radius 3 is 2.67 bits per heavy atom. The molecule has 0 radical (unpaired) electrons. The molecule has 0 spiro atoms. The molecule has 0 fully saturated rings. The van der Waals surface area contributed by atoms with E-state index in [0.717, 1.165) is 43.6 Å². The molecule has 2 aromatic carbocycles. The molecule has 0 saturated carbocycles. The first kappa shape index (κ1) is 21.5. The van der Waals surface area contributed by atoms with Crippen LogP contribution in [-0.2, 0) is 15.2 Å². The molecule has 0 aliphatic carbocycles. The van der Waals surface area contributed by atoms with E-state index >= 15 is 0 Å². The van der Waals surface area contributed by atoms with Crippen LogP contribution in [0.2, 0.25) is 0 Å². The van der Waals surface area contributed by atoms with Gasteiger partial charge in [0.25, 0.3) is 0 Å². The van der Waals surface area contributed by atoms with Crippen molar-refractivity contribution in [2.75, 3.05) is 52.8 Å². The minimum atomic E-state index is 0.646. The Balaban J connectivity index is 1.58. The van der Waals surface area contributed by atoms with Crippen molar-refractivity contribution in [1.82, 2.24) is 10.6 Å². The number of hydrogen-bond acceptors (Lipinski definition) is 4. The summed E-state index contributed by atoms with van der Waals surface area (Å²) in [7, 11) is 3.48. The molecule has 27 heavy (non-hydrogen) atoms. The zero-order valence-corrected chi connectivity index (χ0v) is 17.2. The van der Waals surface area contributed by atoms with E-state index in [1.54, 1.807) is 14.2 Å². The topological polar surface area (TPSA) is 54.9 Å². The number of benzene rings is 2. The van der Waals surface area contributed by atoms with E-state index < -0.39 is 0 Å². The van der Waals surface area contributed by atoms with Crippen LogP contribution in [-0.4, -0.2) is 58.8 Å². The summed E-state index contributed by atoms with van der Waals surface area (Å²) in [5.74, 6) is 2.90. The molecule has 0 aromatic heterocycles. The third kappa shape index (κ3) is 8.20. The standard InChI is InChI=1S/C21H31N3O2S/c1-22-21(23-11-6-13-26-15-14-25-2)24-12-16-27-17-19-9-5-8-18-7-3-4-10-20(18)19/h3-5,7-10H,6,11-17H2,1-2H3,(H2,22,23,24). The minimum absolute atomic E-state index is 0.646. The Hall–Kier alpha value is -1.76. The molecule has 0 heterocycles. The van der Waals surface area contributed by atoms with E-state index in [1.807, 2.05) is 11.8 Å². The Morgan fingerprint density at radius 2 is 1.81 bits per heavy atom. The van der Waals surface area contributed by atoms with Crippen LogP contribution < -0.4 is 10.6 Å². The molecule has 2 N–H and O–H groups in total. The SMILES string of the molecule is CN=C(NCCCOCCOC)NCCSCc1cccc2ccccc12. The van der Waals surface area contributed by atoms with Crippen LogP contribution >= 0.6 is 11.8 Å². The predicted molar refractivity (Wildman–Crippen MR) is 117 cm³/mol. The molecule has 0 aliphatic heterocycles. The zero-order chi connectivity index (χ0) is 19.2. The van der Waals surface area contributed by atoms with Crippen molar-refractivity contribution < 1.29 is 9.47 Å². The Morgan fingerprint density at radius 1 is 1.00 bits per heavy atom. The maximum absolute atomic E-state index is 5.45. The lowest BCUT2D eigenvalue weighted by Gasteiger charge is -2.12. The number of ether oxygens (including phenoxy) is 2. The van der Waals surface area contributed by atoms with Crippen LogP contribution in [0.1, 0.15) is 12.0 Å². The molecule has 148 valence electrons. The molecule has 0 saturated heterocycles. The average Bonchev–Trinajstić information content (AvgIpc) is 2.71. The molecule has 0 atom stereocenters. The fourth-order valence-electron chi connectivity index (χ4n) is 2.69. The van der Waals surface area contributed by atoms with Crippen molar-refractivity contribution in [1.29, 1.82) is 0 Å². The summed E-state index contributed by atoms with van der Waals surface area (Å²) in [6, 6.07) is 15.1. The van der Waals surface area contributed by atoms with Crippen LogP contribution in [0.15, 0.2) is 47.5 Å². The van der Waals surface area contributed by atoms with E-state index in [1.165, 1.54) is 16.3 Å². The van der Waals surface area contributed by atoms with Gasteiger partial charge in [-0.2, -0.15) is 11.8 Å². The molecule has 0 bridgehead atoms. The van der Waals surface area contributed by atoms with Crippen molar-refractivity contribution in [2.24, 2.45) is 4.99 Å². The number of rotatable bonds is 12. The van der Waals surface area contributed by atoms with Gasteiger partial charge >= 0.3 is 0 Å². The summed E-state index contributed by atoms with van der Waals surface area (Å²) in [5, 5.41) is 9.33. The monoisotopic (exact) mass is 389 g/mol. The number of thioether (sulfide) groups is 1. The number of methoxy groups -OCH3 is 1. The fraction of sp³-hybridized carbons (Fsp3) is 0.476. The van der Waals surface area contributed by atoms with Crippen LogP contribution in [0.3, 0.4) is 0 Å². The van der Waals surface area contributed by atoms with E-state index in [0.29, 0.717) is 13.2 Å². The van der Waals surface area contributed by atoms with Gasteiger partial charge in [-0.1, -0.05) is 42.5 Å². The Labute approximate surface area is 166 Å². The van der Waals surface area contributed by atoms with E-state index in [2.05, 4.69) is 58.1 Å². The summed E-state index contributed by atoms with van der Waals surface area (Å²) >= 11 is 1.94. The van der Waals surface area contributed by atoms with Crippen molar-refractivity contribution in [3.8, 4) is 0 Å². The van der Waals surface area contributed by atoms with Crippen LogP contribution in [0.5, 0.6) is 0 Å². The van der Waals surface area contributed by atoms with Gasteiger partial charge < -0.3 is 20.1 Å². The van der Waals surface area contributed by atoms with Gasteiger partial charge in [-0.05, 0) is 22.8 Å². The van der Waals surface area contributed by atoms with Crippen molar-refractivity contribution in [3.63, 3.8) is 0 Å². The van der Waals surface area contributed by atoms with Crippen molar-refractivity contribution in [2.45, 2.75) is 12.2 Å². The van der Waals surface area contributed by atoms with E-state index in [-0.39, 0.29) is 0 Å². The number of hydrogen-bond donors (Lipinski definition) is 2. The highest BCUT2D eigenvalue weighted by Gasteiger charge is 2.01. The highest BCUT2D eigenvalue weighted by atomic mass is 32.2. The summed E-state index contributed by atoms with van der Waals surface area (Å²) < 4.78 is 10.4. The zero-order valence-electron chi connectivity index (χ0n) is 16.4. The second-order valence-corrected chi connectivity index (χ2v) is 7.18. The van der Waals surface area contributed by atoms with Crippen molar-refractivity contribution >= 4 is 28.5 Å². The molecule has 2 rings (SSSR count). The van der Waals surface area contributed by atoms with Gasteiger partial charge in [0.05, 0.1) is 13.2 Å². The molecule has 0 unspecified atom stereocenters. The quantitative estimate of drug-likeness (QED) is 0.331. The predicted octanol–water partition coefficient (Wildman–Crippen LogP) is 3.29. The lowest BCUT2D eigenvalue weighted by molar-refractivity contribution is 0.0698. The van der Waals surface area contributed by atoms with E-state index in [9.17, 15) is 0 Å². The second-order valence-electron chi connectivity index (χ2n) is 6.08. The highest BCUT2D eigenvalue weighted by Crippen LogP contribution is 2.22. The van der Waals surface area contributed by atoms with Gasteiger partial charge in [0, 0.05) is 45.4 Å². The molecular formula is C21H31N3O2S. The number of nitrogens with zero attached hydrogens (tertiary/aromatic N) is 1. The summed E-state index contributed by atoms with van der Waals surface area (Å²) in [6.45, 7) is 3.76. The average molecular weight is 390 g/mol. The molecule has 0 aliphatic rings. The maximum atomic E-state index is 5.45. The third-order valence-corrected chi connectivity index (χ3v) is 5.10. The first-order valence-electron chi connectivity index (χ1n) is 9.40. The number of fused-ring (bicyclic) bond motifs is 1. The summed E-state index contributed by atoms with van der Waals surface area (Å²) in [6.07, 6.45) is 0.945.